The number of anilines is 1. The molecule has 2 aromatic carbocycles. The third-order valence-electron chi connectivity index (χ3n) is 3.43. The van der Waals surface area contributed by atoms with E-state index in [9.17, 15) is 12.8 Å². The molecular weight excluding hydrogens is 363 g/mol. The Morgan fingerprint density at radius 3 is 2.64 bits per heavy atom. The van der Waals surface area contributed by atoms with Crippen LogP contribution in [0.25, 0.3) is 0 Å². The van der Waals surface area contributed by atoms with Crippen molar-refractivity contribution in [1.82, 2.24) is 14.8 Å². The Balaban J connectivity index is 1.94. The summed E-state index contributed by atoms with van der Waals surface area (Å²) in [6.45, 7) is 1.55. The quantitative estimate of drug-likeness (QED) is 0.738. The normalized spacial score (nSPS) is 11.5. The maximum Gasteiger partial charge on any atom is 0.262 e. The van der Waals surface area contributed by atoms with Crippen LogP contribution in [0.3, 0.4) is 0 Å². The Morgan fingerprint density at radius 1 is 1.20 bits per heavy atom. The number of benzene rings is 2. The molecular formula is C16H15FN4O2S2. The highest BCUT2D eigenvalue weighted by atomic mass is 32.2. The minimum absolute atomic E-state index is 0.0346. The highest BCUT2D eigenvalue weighted by Gasteiger charge is 2.19. The first-order valence-corrected chi connectivity index (χ1v) is 9.56. The van der Waals surface area contributed by atoms with Gasteiger partial charge in [-0.05, 0) is 54.6 Å². The molecule has 130 valence electrons. The third-order valence-corrected chi connectivity index (χ3v) is 6.08. The molecule has 0 saturated carbocycles. The molecule has 0 aliphatic heterocycles. The number of aromatic nitrogens is 3. The van der Waals surface area contributed by atoms with E-state index in [1.807, 2.05) is 0 Å². The first-order chi connectivity index (χ1) is 11.9. The highest BCUT2D eigenvalue weighted by Crippen LogP contribution is 2.33. The van der Waals surface area contributed by atoms with Gasteiger partial charge in [0.1, 0.15) is 12.1 Å². The third kappa shape index (κ3) is 3.83. The second-order valence-corrected chi connectivity index (χ2v) is 8.00. The van der Waals surface area contributed by atoms with Gasteiger partial charge < -0.3 is 4.57 Å². The minimum atomic E-state index is -3.85. The van der Waals surface area contributed by atoms with E-state index in [4.69, 9.17) is 0 Å². The summed E-state index contributed by atoms with van der Waals surface area (Å²) in [4.78, 5) is 0.717. The molecule has 0 radical (unpaired) electrons. The summed E-state index contributed by atoms with van der Waals surface area (Å²) < 4.78 is 42.9. The number of halogens is 1. The van der Waals surface area contributed by atoms with E-state index in [2.05, 4.69) is 14.9 Å². The summed E-state index contributed by atoms with van der Waals surface area (Å²) in [6.07, 6.45) is 1.57. The maximum absolute atomic E-state index is 13.2. The van der Waals surface area contributed by atoms with E-state index in [1.165, 1.54) is 23.9 Å². The summed E-state index contributed by atoms with van der Waals surface area (Å²) in [5, 5.41) is 8.42. The predicted molar refractivity (Wildman–Crippen MR) is 93.5 cm³/mol. The van der Waals surface area contributed by atoms with Crippen LogP contribution in [-0.4, -0.2) is 23.2 Å². The Kier molecular flexibility index (Phi) is 4.78. The zero-order valence-electron chi connectivity index (χ0n) is 13.5. The number of nitrogens with zero attached hydrogens (tertiary/aromatic N) is 3. The Bertz CT molecular complexity index is 1020. The molecule has 9 heteroatoms. The number of nitrogens with one attached hydrogen (secondary N) is 1. The van der Waals surface area contributed by atoms with Crippen LogP contribution in [0.15, 0.2) is 63.7 Å². The van der Waals surface area contributed by atoms with Gasteiger partial charge in [-0.1, -0.05) is 12.1 Å². The molecule has 0 bridgehead atoms. The minimum Gasteiger partial charge on any atom is -0.311 e. The van der Waals surface area contributed by atoms with Gasteiger partial charge in [0.05, 0.1) is 10.6 Å². The van der Waals surface area contributed by atoms with E-state index in [0.717, 1.165) is 6.07 Å². The first kappa shape index (κ1) is 17.4. The summed E-state index contributed by atoms with van der Waals surface area (Å²) in [5.41, 5.74) is 0.755. The molecule has 1 heterocycles. The molecule has 0 atom stereocenters. The molecule has 6 nitrogen and oxygen atoms in total. The Morgan fingerprint density at radius 2 is 1.96 bits per heavy atom. The number of sulfonamides is 1. The monoisotopic (exact) mass is 378 g/mol. The van der Waals surface area contributed by atoms with Crippen molar-refractivity contribution in [2.75, 3.05) is 4.72 Å². The highest BCUT2D eigenvalue weighted by molar-refractivity contribution is 7.99. The van der Waals surface area contributed by atoms with Crippen LogP contribution < -0.4 is 4.72 Å². The summed E-state index contributed by atoms with van der Waals surface area (Å²) in [7, 11) is -2.04. The van der Waals surface area contributed by atoms with Gasteiger partial charge in [-0.15, -0.1) is 10.2 Å². The molecule has 0 spiro atoms. The predicted octanol–water partition coefficient (Wildman–Crippen LogP) is 3.21. The van der Waals surface area contributed by atoms with Crippen LogP contribution in [0.1, 0.15) is 5.56 Å². The lowest BCUT2D eigenvalue weighted by molar-refractivity contribution is 0.598. The van der Waals surface area contributed by atoms with Gasteiger partial charge >= 0.3 is 0 Å². The van der Waals surface area contributed by atoms with E-state index in [1.54, 1.807) is 49.1 Å². The van der Waals surface area contributed by atoms with Gasteiger partial charge in [-0.2, -0.15) is 0 Å². The zero-order valence-corrected chi connectivity index (χ0v) is 15.1. The van der Waals surface area contributed by atoms with Gasteiger partial charge in [0.25, 0.3) is 10.0 Å². The van der Waals surface area contributed by atoms with Gasteiger partial charge in [-0.25, -0.2) is 12.8 Å². The Hall–Kier alpha value is -2.39. The van der Waals surface area contributed by atoms with Crippen LogP contribution in [0.4, 0.5) is 10.1 Å². The van der Waals surface area contributed by atoms with Crippen molar-refractivity contribution in [3.8, 4) is 0 Å². The zero-order chi connectivity index (χ0) is 18.0. The van der Waals surface area contributed by atoms with Crippen LogP contribution >= 0.6 is 11.8 Å². The molecule has 0 fully saturated rings. The molecule has 3 aromatic rings. The largest absolute Gasteiger partial charge is 0.311 e. The number of hydrogen-bond donors (Lipinski definition) is 1. The second kappa shape index (κ2) is 6.85. The van der Waals surface area contributed by atoms with Crippen molar-refractivity contribution < 1.29 is 12.8 Å². The van der Waals surface area contributed by atoms with Crippen LogP contribution in [0.2, 0.25) is 0 Å². The molecule has 1 aromatic heterocycles. The molecule has 3 rings (SSSR count). The van der Waals surface area contributed by atoms with Gasteiger partial charge in [-0.3, -0.25) is 4.72 Å². The van der Waals surface area contributed by atoms with E-state index in [0.29, 0.717) is 21.3 Å². The number of para-hydroxylation sites is 1. The van der Waals surface area contributed by atoms with E-state index < -0.39 is 15.8 Å². The lowest BCUT2D eigenvalue weighted by Gasteiger charge is -2.13. The first-order valence-electron chi connectivity index (χ1n) is 7.27. The molecule has 0 aliphatic carbocycles. The van der Waals surface area contributed by atoms with Gasteiger partial charge in [0.15, 0.2) is 5.16 Å². The molecule has 0 saturated heterocycles. The SMILES string of the molecule is Cc1cc(F)ccc1S(=O)(=O)Nc1ccccc1Sc1nncn1C. The topological polar surface area (TPSA) is 76.9 Å². The van der Waals surface area contributed by atoms with Crippen molar-refractivity contribution in [3.05, 3.63) is 60.2 Å². The summed E-state index contributed by atoms with van der Waals surface area (Å²) >= 11 is 1.29. The summed E-state index contributed by atoms with van der Waals surface area (Å²) in [6, 6.07) is 10.6. The van der Waals surface area contributed by atoms with Crippen LogP contribution in [-0.2, 0) is 17.1 Å². The van der Waals surface area contributed by atoms with Crippen molar-refractivity contribution in [2.24, 2.45) is 7.05 Å². The molecule has 0 aliphatic rings. The van der Waals surface area contributed by atoms with Gasteiger partial charge in [0.2, 0.25) is 0 Å². The lowest BCUT2D eigenvalue weighted by atomic mass is 10.2. The van der Waals surface area contributed by atoms with Crippen molar-refractivity contribution in [2.45, 2.75) is 21.9 Å². The lowest BCUT2D eigenvalue weighted by Crippen LogP contribution is -2.15. The Labute approximate surface area is 149 Å². The van der Waals surface area contributed by atoms with Crippen molar-refractivity contribution in [3.63, 3.8) is 0 Å². The van der Waals surface area contributed by atoms with E-state index in [-0.39, 0.29) is 4.90 Å². The van der Waals surface area contributed by atoms with Crippen LogP contribution in [0, 0.1) is 12.7 Å². The fourth-order valence-corrected chi connectivity index (χ4v) is 4.44. The van der Waals surface area contributed by atoms with E-state index >= 15 is 0 Å². The maximum atomic E-state index is 13.2. The smallest absolute Gasteiger partial charge is 0.262 e. The molecule has 1 N–H and O–H groups in total. The average molecular weight is 378 g/mol. The van der Waals surface area contributed by atoms with Crippen molar-refractivity contribution >= 4 is 27.5 Å². The standard InChI is InChI=1S/C16H15FN4O2S2/c1-11-9-12(17)7-8-15(11)25(22,23)20-13-5-3-4-6-14(13)24-16-19-18-10-21(16)2/h3-10,20H,1-2H3. The average Bonchev–Trinajstić information content (AvgIpc) is 2.93. The van der Waals surface area contributed by atoms with Crippen molar-refractivity contribution in [1.29, 1.82) is 0 Å². The number of hydrogen-bond acceptors (Lipinski definition) is 5. The fraction of sp³-hybridized carbons (Fsp3) is 0.125. The molecule has 0 amide bonds. The van der Waals surface area contributed by atoms with Crippen LogP contribution in [0.5, 0.6) is 0 Å². The number of rotatable bonds is 5. The van der Waals surface area contributed by atoms with Gasteiger partial charge in [0, 0.05) is 11.9 Å². The number of aryl methyl sites for hydroxylation is 2. The molecule has 25 heavy (non-hydrogen) atoms. The fourth-order valence-electron chi connectivity index (χ4n) is 2.22. The second-order valence-electron chi connectivity index (χ2n) is 5.34. The summed E-state index contributed by atoms with van der Waals surface area (Å²) in [5.74, 6) is -0.477. The molecule has 0 unspecified atom stereocenters.